The summed E-state index contributed by atoms with van der Waals surface area (Å²) in [6.45, 7) is 0. The van der Waals surface area contributed by atoms with Crippen LogP contribution < -0.4 is 0 Å². The average molecular weight is 421 g/mol. The molecule has 1 nitrogen and oxygen atoms in total. The van der Waals surface area contributed by atoms with Crippen molar-refractivity contribution in [3.63, 3.8) is 0 Å². The van der Waals surface area contributed by atoms with Crippen LogP contribution in [0.1, 0.15) is 16.7 Å². The number of benzene rings is 3. The minimum absolute atomic E-state index is 0.578. The molecular formula is C19H14ClIO. The van der Waals surface area contributed by atoms with Crippen LogP contribution in [0.5, 0.6) is 0 Å². The Bertz CT molecular complexity index is 749. The zero-order valence-electron chi connectivity index (χ0n) is 11.7. The van der Waals surface area contributed by atoms with Gasteiger partial charge < -0.3 is 0 Å². The summed E-state index contributed by atoms with van der Waals surface area (Å²) in [5, 5.41) is 0. The van der Waals surface area contributed by atoms with Gasteiger partial charge in [-0.25, -0.2) is 0 Å². The van der Waals surface area contributed by atoms with Gasteiger partial charge in [-0.3, -0.25) is 0 Å². The van der Waals surface area contributed by atoms with E-state index in [1.54, 1.807) is 0 Å². The van der Waals surface area contributed by atoms with Crippen LogP contribution in [0.3, 0.4) is 0 Å². The Balaban J connectivity index is 2.04. The predicted molar refractivity (Wildman–Crippen MR) is 98.9 cm³/mol. The van der Waals surface area contributed by atoms with E-state index in [1.165, 1.54) is 9.13 Å². The van der Waals surface area contributed by atoms with E-state index < -0.39 is 24.7 Å². The molecule has 0 amide bonds. The van der Waals surface area contributed by atoms with Gasteiger partial charge in [0.1, 0.15) is 0 Å². The van der Waals surface area contributed by atoms with E-state index in [-0.39, 0.29) is 0 Å². The third-order valence-electron chi connectivity index (χ3n) is 3.96. The Morgan fingerprint density at radius 1 is 0.682 bits per heavy atom. The number of rotatable bonds is 2. The second-order valence-electron chi connectivity index (χ2n) is 5.18. The number of halogens is 2. The van der Waals surface area contributed by atoms with Crippen molar-refractivity contribution in [3.8, 4) is 0 Å². The van der Waals surface area contributed by atoms with Gasteiger partial charge in [0.2, 0.25) is 0 Å². The molecule has 3 aromatic carbocycles. The molecule has 0 unspecified atom stereocenters. The molecule has 1 aliphatic heterocycles. The van der Waals surface area contributed by atoms with Crippen LogP contribution in [0.25, 0.3) is 0 Å². The summed E-state index contributed by atoms with van der Waals surface area (Å²) in [5.41, 5.74) is 2.88. The Labute approximate surface area is 141 Å². The number of hydrogen-bond acceptors (Lipinski definition) is 1. The van der Waals surface area contributed by atoms with E-state index in [0.29, 0.717) is 0 Å². The van der Waals surface area contributed by atoms with Crippen LogP contribution in [0, 0.1) is 3.57 Å². The Hall–Kier alpha value is -1.36. The van der Waals surface area contributed by atoms with E-state index in [4.69, 9.17) is 12.0 Å². The third-order valence-corrected chi connectivity index (χ3v) is 8.28. The zero-order chi connectivity index (χ0) is 15.0. The first-order valence-corrected chi connectivity index (χ1v) is 11.8. The molecule has 0 radical (unpaired) electrons. The standard InChI is InChI=1S/C19H14ClIO/c20-21-18-14-8-7-13-17(18)19(22-21,15-9-3-1-4-10-15)16-11-5-2-6-12-16/h1-14H. The van der Waals surface area contributed by atoms with E-state index >= 15 is 0 Å². The zero-order valence-corrected chi connectivity index (χ0v) is 14.7. The second kappa shape index (κ2) is 5.69. The minimum atomic E-state index is -2.13. The molecule has 1 aliphatic rings. The molecular weight excluding hydrogens is 407 g/mol. The van der Waals surface area contributed by atoms with Crippen LogP contribution >= 0.6 is 28.0 Å². The first-order chi connectivity index (χ1) is 10.8. The Morgan fingerprint density at radius 2 is 1.18 bits per heavy atom. The Morgan fingerprint density at radius 3 is 1.77 bits per heavy atom. The van der Waals surface area contributed by atoms with Gasteiger partial charge in [-0.1, -0.05) is 0 Å². The fourth-order valence-electron chi connectivity index (χ4n) is 2.97. The molecule has 0 spiro atoms. The van der Waals surface area contributed by atoms with Crippen molar-refractivity contribution >= 4 is 28.0 Å². The fraction of sp³-hybridized carbons (Fsp3) is 0.0526. The summed E-state index contributed by atoms with van der Waals surface area (Å²) in [6, 6.07) is 29.1. The third kappa shape index (κ3) is 2.09. The van der Waals surface area contributed by atoms with Gasteiger partial charge in [-0.15, -0.1) is 0 Å². The van der Waals surface area contributed by atoms with Gasteiger partial charge >= 0.3 is 142 Å². The van der Waals surface area contributed by atoms with Crippen molar-refractivity contribution in [2.75, 3.05) is 0 Å². The molecule has 1 heterocycles. The van der Waals surface area contributed by atoms with Crippen LogP contribution in [0.4, 0.5) is 0 Å². The average Bonchev–Trinajstić information content (AvgIpc) is 2.91. The van der Waals surface area contributed by atoms with Gasteiger partial charge in [-0.2, -0.15) is 0 Å². The summed E-state index contributed by atoms with van der Waals surface area (Å²) in [5.74, 6) is 0. The van der Waals surface area contributed by atoms with Gasteiger partial charge in [0.05, 0.1) is 0 Å². The maximum absolute atomic E-state index is 6.66. The van der Waals surface area contributed by atoms with E-state index in [1.807, 2.05) is 18.2 Å². The number of hydrogen-bond donors (Lipinski definition) is 0. The van der Waals surface area contributed by atoms with Crippen molar-refractivity contribution in [2.24, 2.45) is 0 Å². The molecule has 4 rings (SSSR count). The predicted octanol–water partition coefficient (Wildman–Crippen LogP) is 5.75. The first kappa shape index (κ1) is 14.2. The van der Waals surface area contributed by atoms with Crippen molar-refractivity contribution in [3.05, 3.63) is 105 Å². The van der Waals surface area contributed by atoms with E-state index in [0.717, 1.165) is 11.1 Å². The Kier molecular flexibility index (Phi) is 3.68. The van der Waals surface area contributed by atoms with E-state index in [2.05, 4.69) is 66.7 Å². The normalized spacial score (nSPS) is 17.2. The van der Waals surface area contributed by atoms with Crippen LogP contribution in [0.2, 0.25) is 0 Å². The summed E-state index contributed by atoms with van der Waals surface area (Å²) in [6.07, 6.45) is 0. The van der Waals surface area contributed by atoms with Crippen LogP contribution in [-0.4, -0.2) is 0 Å². The monoisotopic (exact) mass is 420 g/mol. The fourth-order valence-corrected chi connectivity index (χ4v) is 7.47. The van der Waals surface area contributed by atoms with Crippen LogP contribution in [-0.2, 0) is 8.67 Å². The second-order valence-corrected chi connectivity index (χ2v) is 9.70. The first-order valence-electron chi connectivity index (χ1n) is 7.09. The van der Waals surface area contributed by atoms with Gasteiger partial charge in [0.25, 0.3) is 0 Å². The summed E-state index contributed by atoms with van der Waals surface area (Å²) in [4.78, 5) is 0. The van der Waals surface area contributed by atoms with Crippen molar-refractivity contribution in [1.82, 2.24) is 0 Å². The molecule has 3 aromatic rings. The molecule has 0 saturated heterocycles. The van der Waals surface area contributed by atoms with Crippen molar-refractivity contribution in [2.45, 2.75) is 5.60 Å². The molecule has 0 N–H and O–H groups in total. The molecule has 22 heavy (non-hydrogen) atoms. The molecule has 0 aliphatic carbocycles. The summed E-state index contributed by atoms with van der Waals surface area (Å²) < 4.78 is 7.71. The van der Waals surface area contributed by atoms with Crippen molar-refractivity contribution < 1.29 is 3.07 Å². The van der Waals surface area contributed by atoms with Crippen molar-refractivity contribution in [1.29, 1.82) is 0 Å². The topological polar surface area (TPSA) is 9.23 Å². The molecule has 0 saturated carbocycles. The maximum atomic E-state index is 6.66. The summed E-state index contributed by atoms with van der Waals surface area (Å²) in [7, 11) is 6.66. The van der Waals surface area contributed by atoms with Gasteiger partial charge in [0, 0.05) is 0 Å². The SMILES string of the molecule is ClI1OC(c2ccccc2)(c2ccccc2)c2ccccc21. The van der Waals surface area contributed by atoms with Gasteiger partial charge in [-0.05, 0) is 0 Å². The summed E-state index contributed by atoms with van der Waals surface area (Å²) >= 11 is -2.13. The van der Waals surface area contributed by atoms with Gasteiger partial charge in [0.15, 0.2) is 0 Å². The molecule has 3 heteroatoms. The molecule has 0 fully saturated rings. The van der Waals surface area contributed by atoms with Crippen LogP contribution in [0.15, 0.2) is 84.9 Å². The molecule has 0 aromatic heterocycles. The molecule has 0 atom stereocenters. The number of fused-ring (bicyclic) bond motifs is 1. The molecule has 110 valence electrons. The quantitative estimate of drug-likeness (QED) is 0.479. The molecule has 0 bridgehead atoms. The van der Waals surface area contributed by atoms with E-state index in [9.17, 15) is 0 Å².